The van der Waals surface area contributed by atoms with Gasteiger partial charge in [0, 0.05) is 26.2 Å². The number of benzene rings is 2. The van der Waals surface area contributed by atoms with Crippen molar-refractivity contribution < 1.29 is 24.2 Å². The van der Waals surface area contributed by atoms with Crippen LogP contribution in [0.2, 0.25) is 0 Å². The van der Waals surface area contributed by atoms with Crippen LogP contribution >= 0.6 is 0 Å². The molecular formula is C27H30N2O5. The Balaban J connectivity index is 1.59. The van der Waals surface area contributed by atoms with Crippen molar-refractivity contribution in [2.45, 2.75) is 12.5 Å². The molecule has 0 spiro atoms. The number of methoxy groups -OCH3 is 1. The SMILES string of the molecule is COc1cccc([C@H]2C(C(=O)/C=C\c3ccccc3)=C(O)C(=O)N2CCCN2CCOCC2)c1. The molecule has 2 aliphatic rings. The number of carbonyl (C=O) groups is 2. The molecule has 2 aliphatic heterocycles. The van der Waals surface area contributed by atoms with Gasteiger partial charge >= 0.3 is 0 Å². The molecule has 2 aromatic carbocycles. The third-order valence-corrected chi connectivity index (χ3v) is 6.18. The number of carbonyl (C=O) groups excluding carboxylic acids is 2. The minimum atomic E-state index is -0.680. The molecule has 2 aromatic rings. The third-order valence-electron chi connectivity index (χ3n) is 6.18. The number of nitrogens with zero attached hydrogens (tertiary/aromatic N) is 2. The summed E-state index contributed by atoms with van der Waals surface area (Å²) < 4.78 is 10.8. The van der Waals surface area contributed by atoms with Crippen LogP contribution in [0, 0.1) is 0 Å². The zero-order valence-electron chi connectivity index (χ0n) is 19.4. The lowest BCUT2D eigenvalue weighted by Crippen LogP contribution is -2.39. The van der Waals surface area contributed by atoms with Crippen LogP contribution in [-0.2, 0) is 14.3 Å². The summed E-state index contributed by atoms with van der Waals surface area (Å²) >= 11 is 0. The van der Waals surface area contributed by atoms with Crippen molar-refractivity contribution in [3.8, 4) is 5.75 Å². The van der Waals surface area contributed by atoms with Crippen molar-refractivity contribution in [3.05, 3.63) is 83.1 Å². The van der Waals surface area contributed by atoms with Crippen molar-refractivity contribution in [2.75, 3.05) is 46.5 Å². The fourth-order valence-electron chi connectivity index (χ4n) is 4.41. The number of amides is 1. The topological polar surface area (TPSA) is 79.3 Å². The number of ether oxygens (including phenoxy) is 2. The Labute approximate surface area is 199 Å². The van der Waals surface area contributed by atoms with Crippen LogP contribution in [0.1, 0.15) is 23.6 Å². The molecule has 34 heavy (non-hydrogen) atoms. The molecule has 4 rings (SSSR count). The molecule has 7 heteroatoms. The van der Waals surface area contributed by atoms with Gasteiger partial charge in [-0.1, -0.05) is 48.5 Å². The van der Waals surface area contributed by atoms with Gasteiger partial charge in [0.25, 0.3) is 5.91 Å². The van der Waals surface area contributed by atoms with Gasteiger partial charge in [-0.2, -0.15) is 0 Å². The summed E-state index contributed by atoms with van der Waals surface area (Å²) in [6.07, 6.45) is 3.83. The van der Waals surface area contributed by atoms with E-state index in [1.54, 1.807) is 24.2 Å². The minimum Gasteiger partial charge on any atom is -0.503 e. The van der Waals surface area contributed by atoms with Gasteiger partial charge in [-0.05, 0) is 35.8 Å². The largest absolute Gasteiger partial charge is 0.503 e. The summed E-state index contributed by atoms with van der Waals surface area (Å²) in [4.78, 5) is 30.2. The van der Waals surface area contributed by atoms with Crippen LogP contribution in [0.3, 0.4) is 0 Å². The summed E-state index contributed by atoms with van der Waals surface area (Å²) in [6.45, 7) is 4.39. The van der Waals surface area contributed by atoms with E-state index in [2.05, 4.69) is 4.90 Å². The third kappa shape index (κ3) is 5.38. The number of hydrogen-bond donors (Lipinski definition) is 1. The summed E-state index contributed by atoms with van der Waals surface area (Å²) in [5.41, 5.74) is 1.68. The second-order valence-electron chi connectivity index (χ2n) is 8.36. The molecule has 178 valence electrons. The Hall–Kier alpha value is -3.42. The Kier molecular flexibility index (Phi) is 7.77. The van der Waals surface area contributed by atoms with E-state index in [-0.39, 0.29) is 5.57 Å². The maximum absolute atomic E-state index is 13.2. The first-order valence-corrected chi connectivity index (χ1v) is 11.5. The van der Waals surface area contributed by atoms with Crippen LogP contribution in [-0.4, -0.2) is 73.1 Å². The molecule has 2 heterocycles. The highest BCUT2D eigenvalue weighted by molar-refractivity contribution is 6.14. The smallest absolute Gasteiger partial charge is 0.290 e. The van der Waals surface area contributed by atoms with Crippen LogP contribution in [0.5, 0.6) is 5.75 Å². The molecule has 0 saturated carbocycles. The monoisotopic (exact) mass is 462 g/mol. The van der Waals surface area contributed by atoms with Gasteiger partial charge in [-0.25, -0.2) is 0 Å². The Morgan fingerprint density at radius 1 is 1.12 bits per heavy atom. The Bertz CT molecular complexity index is 1070. The highest BCUT2D eigenvalue weighted by atomic mass is 16.5. The van der Waals surface area contributed by atoms with Crippen molar-refractivity contribution in [2.24, 2.45) is 0 Å². The summed E-state index contributed by atoms with van der Waals surface area (Å²) in [6, 6.07) is 16.0. The first-order chi connectivity index (χ1) is 16.6. The molecule has 0 aromatic heterocycles. The molecule has 1 saturated heterocycles. The quantitative estimate of drug-likeness (QED) is 0.576. The van der Waals surface area contributed by atoms with E-state index in [1.165, 1.54) is 6.08 Å². The summed E-state index contributed by atoms with van der Waals surface area (Å²) in [7, 11) is 1.57. The molecule has 1 fully saturated rings. The van der Waals surface area contributed by atoms with Crippen LogP contribution in [0.25, 0.3) is 6.08 Å². The number of ketones is 1. The van der Waals surface area contributed by atoms with Crippen LogP contribution in [0.15, 0.2) is 72.0 Å². The molecule has 1 N–H and O–H groups in total. The van der Waals surface area contributed by atoms with Crippen molar-refractivity contribution in [1.82, 2.24) is 9.80 Å². The average Bonchev–Trinajstić information content (AvgIpc) is 3.14. The number of rotatable bonds is 9. The molecular weight excluding hydrogens is 432 g/mol. The average molecular weight is 463 g/mol. The van der Waals surface area contributed by atoms with Gasteiger partial charge in [-0.15, -0.1) is 0 Å². The fourth-order valence-corrected chi connectivity index (χ4v) is 4.41. The van der Waals surface area contributed by atoms with E-state index in [9.17, 15) is 14.7 Å². The zero-order chi connectivity index (χ0) is 23.9. The van der Waals surface area contributed by atoms with Gasteiger partial charge in [0.05, 0.1) is 31.9 Å². The van der Waals surface area contributed by atoms with E-state index < -0.39 is 23.5 Å². The number of aliphatic hydroxyl groups is 1. The van der Waals surface area contributed by atoms with Gasteiger partial charge in [0.15, 0.2) is 11.5 Å². The highest BCUT2D eigenvalue weighted by Crippen LogP contribution is 2.39. The maximum Gasteiger partial charge on any atom is 0.290 e. The standard InChI is InChI=1S/C27H30N2O5/c1-33-22-10-5-9-21(19-22)25-24(23(30)12-11-20-7-3-2-4-8-20)26(31)27(32)29(25)14-6-13-28-15-17-34-18-16-28/h2-5,7-12,19,25,31H,6,13-18H2,1H3/b12-11-/t25-/m0/s1. The first-order valence-electron chi connectivity index (χ1n) is 11.5. The van der Waals surface area contributed by atoms with Crippen LogP contribution in [0.4, 0.5) is 0 Å². The van der Waals surface area contributed by atoms with Gasteiger partial charge < -0.3 is 19.5 Å². The highest BCUT2D eigenvalue weighted by Gasteiger charge is 2.42. The molecule has 0 aliphatic carbocycles. The van der Waals surface area contributed by atoms with E-state index in [0.717, 1.165) is 37.2 Å². The lowest BCUT2D eigenvalue weighted by atomic mass is 9.95. The minimum absolute atomic E-state index is 0.0943. The molecule has 7 nitrogen and oxygen atoms in total. The lowest BCUT2D eigenvalue weighted by molar-refractivity contribution is -0.129. The van der Waals surface area contributed by atoms with Gasteiger partial charge in [-0.3, -0.25) is 14.5 Å². The molecule has 0 unspecified atom stereocenters. The van der Waals surface area contributed by atoms with E-state index in [4.69, 9.17) is 9.47 Å². The second kappa shape index (κ2) is 11.1. The molecule has 1 amide bonds. The van der Waals surface area contributed by atoms with Crippen molar-refractivity contribution >= 4 is 17.8 Å². The zero-order valence-corrected chi connectivity index (χ0v) is 19.4. The number of allylic oxidation sites excluding steroid dienone is 1. The van der Waals surface area contributed by atoms with E-state index >= 15 is 0 Å². The number of hydrogen-bond acceptors (Lipinski definition) is 6. The fraction of sp³-hybridized carbons (Fsp3) is 0.333. The summed E-state index contributed by atoms with van der Waals surface area (Å²) in [5, 5.41) is 10.8. The first kappa shape index (κ1) is 23.7. The van der Waals surface area contributed by atoms with Crippen LogP contribution < -0.4 is 4.74 Å². The Morgan fingerprint density at radius 3 is 2.62 bits per heavy atom. The van der Waals surface area contributed by atoms with Gasteiger partial charge in [0.2, 0.25) is 0 Å². The van der Waals surface area contributed by atoms with E-state index in [0.29, 0.717) is 25.5 Å². The van der Waals surface area contributed by atoms with Crippen molar-refractivity contribution in [1.29, 1.82) is 0 Å². The predicted octanol–water partition coefficient (Wildman–Crippen LogP) is 3.40. The second-order valence-corrected chi connectivity index (χ2v) is 8.36. The molecule has 1 atom stereocenters. The number of morpholine rings is 1. The number of aliphatic hydroxyl groups excluding tert-OH is 1. The Morgan fingerprint density at radius 2 is 1.88 bits per heavy atom. The van der Waals surface area contributed by atoms with E-state index in [1.807, 2.05) is 48.5 Å². The lowest BCUT2D eigenvalue weighted by Gasteiger charge is -2.30. The maximum atomic E-state index is 13.2. The van der Waals surface area contributed by atoms with Crippen molar-refractivity contribution in [3.63, 3.8) is 0 Å². The normalized spacial score (nSPS) is 19.3. The molecule has 0 radical (unpaired) electrons. The summed E-state index contributed by atoms with van der Waals surface area (Å²) in [5.74, 6) is -0.775. The van der Waals surface area contributed by atoms with Gasteiger partial charge in [0.1, 0.15) is 5.75 Å². The predicted molar refractivity (Wildman–Crippen MR) is 129 cm³/mol. The molecule has 0 bridgehead atoms.